The summed E-state index contributed by atoms with van der Waals surface area (Å²) in [7, 11) is 0. The predicted molar refractivity (Wildman–Crippen MR) is 70.0 cm³/mol. The second kappa shape index (κ2) is 11.9. The highest BCUT2D eigenvalue weighted by Crippen LogP contribution is 1.99. The molecular formula is C14H22O4. The Bertz CT molecular complexity index is 243. The molecule has 0 aliphatic carbocycles. The lowest BCUT2D eigenvalue weighted by molar-refractivity contribution is -0.150. The van der Waals surface area contributed by atoms with Gasteiger partial charge in [-0.25, -0.2) is 0 Å². The molecule has 0 amide bonds. The second-order valence-corrected chi connectivity index (χ2v) is 3.80. The van der Waals surface area contributed by atoms with Crippen molar-refractivity contribution in [2.75, 3.05) is 13.2 Å². The minimum Gasteiger partial charge on any atom is -0.466 e. The smallest absolute Gasteiger partial charge is 0.306 e. The normalized spacial score (nSPS) is 9.56. The van der Waals surface area contributed by atoms with Crippen LogP contribution in [0.3, 0.4) is 0 Å². The summed E-state index contributed by atoms with van der Waals surface area (Å²) in [6.07, 6.45) is 6.87. The lowest BCUT2D eigenvalue weighted by Crippen LogP contribution is -2.11. The average Bonchev–Trinajstić information content (AvgIpc) is 2.37. The third-order valence-corrected chi connectivity index (χ3v) is 2.16. The van der Waals surface area contributed by atoms with Crippen LogP contribution >= 0.6 is 0 Å². The van der Waals surface area contributed by atoms with Gasteiger partial charge < -0.3 is 9.47 Å². The Morgan fingerprint density at radius 2 is 1.22 bits per heavy atom. The van der Waals surface area contributed by atoms with Crippen molar-refractivity contribution in [3.8, 4) is 0 Å². The summed E-state index contributed by atoms with van der Waals surface area (Å²) in [5.74, 6) is -0.718. The Morgan fingerprint density at radius 1 is 0.833 bits per heavy atom. The molecule has 0 saturated heterocycles. The van der Waals surface area contributed by atoms with Crippen molar-refractivity contribution in [1.82, 2.24) is 0 Å². The molecule has 0 aliphatic heterocycles. The van der Waals surface area contributed by atoms with E-state index in [1.54, 1.807) is 12.2 Å². The maximum atomic E-state index is 11.2. The molecule has 0 spiro atoms. The van der Waals surface area contributed by atoms with E-state index in [1.807, 2.05) is 0 Å². The molecule has 18 heavy (non-hydrogen) atoms. The monoisotopic (exact) mass is 254 g/mol. The van der Waals surface area contributed by atoms with Gasteiger partial charge in [-0.15, -0.1) is 13.2 Å². The van der Waals surface area contributed by atoms with Crippen LogP contribution in [-0.4, -0.2) is 25.2 Å². The van der Waals surface area contributed by atoms with Crippen molar-refractivity contribution < 1.29 is 19.1 Å². The van der Waals surface area contributed by atoms with Gasteiger partial charge >= 0.3 is 11.9 Å². The van der Waals surface area contributed by atoms with Gasteiger partial charge in [0.1, 0.15) is 0 Å². The van der Waals surface area contributed by atoms with E-state index >= 15 is 0 Å². The highest BCUT2D eigenvalue weighted by molar-refractivity contribution is 5.77. The molecule has 4 heteroatoms. The summed E-state index contributed by atoms with van der Waals surface area (Å²) in [5, 5.41) is 0. The maximum Gasteiger partial charge on any atom is 0.306 e. The first-order valence-corrected chi connectivity index (χ1v) is 6.23. The van der Waals surface area contributed by atoms with Crippen LogP contribution in [-0.2, 0) is 19.1 Å². The molecule has 0 radical (unpaired) electrons. The van der Waals surface area contributed by atoms with Crippen LogP contribution in [0.2, 0.25) is 0 Å². The average molecular weight is 254 g/mol. The lowest BCUT2D eigenvalue weighted by Gasteiger charge is -2.04. The SMILES string of the molecule is C=CCCCOC(=O)CCC(=O)OCCCC=C. The van der Waals surface area contributed by atoms with Crippen LogP contribution < -0.4 is 0 Å². The Kier molecular flexibility index (Phi) is 10.8. The molecule has 0 N–H and O–H groups in total. The van der Waals surface area contributed by atoms with Crippen LogP contribution in [0.1, 0.15) is 38.5 Å². The summed E-state index contributed by atoms with van der Waals surface area (Å²) in [6, 6.07) is 0. The Balaban J connectivity index is 3.44. The maximum absolute atomic E-state index is 11.2. The summed E-state index contributed by atoms with van der Waals surface area (Å²) in [4.78, 5) is 22.4. The third-order valence-electron chi connectivity index (χ3n) is 2.16. The topological polar surface area (TPSA) is 52.6 Å². The van der Waals surface area contributed by atoms with Crippen molar-refractivity contribution in [1.29, 1.82) is 0 Å². The summed E-state index contributed by atoms with van der Waals surface area (Å²) < 4.78 is 9.86. The highest BCUT2D eigenvalue weighted by Gasteiger charge is 2.08. The molecule has 0 aromatic heterocycles. The number of ether oxygens (including phenoxy) is 2. The van der Waals surface area contributed by atoms with Gasteiger partial charge in [-0.2, -0.15) is 0 Å². The summed E-state index contributed by atoms with van der Waals surface area (Å²) >= 11 is 0. The number of carbonyl (C=O) groups excluding carboxylic acids is 2. The van der Waals surface area contributed by atoms with Crippen molar-refractivity contribution >= 4 is 11.9 Å². The predicted octanol–water partition coefficient (Wildman–Crippen LogP) is 2.79. The van der Waals surface area contributed by atoms with Crippen LogP contribution in [0.4, 0.5) is 0 Å². The van der Waals surface area contributed by atoms with E-state index in [2.05, 4.69) is 13.2 Å². The van der Waals surface area contributed by atoms with Crippen LogP contribution in [0.5, 0.6) is 0 Å². The fraction of sp³-hybridized carbons (Fsp3) is 0.571. The largest absolute Gasteiger partial charge is 0.466 e. The van der Waals surface area contributed by atoms with Gasteiger partial charge in [0.05, 0.1) is 26.1 Å². The molecule has 0 saturated carbocycles. The molecule has 0 aromatic carbocycles. The zero-order valence-corrected chi connectivity index (χ0v) is 10.9. The van der Waals surface area contributed by atoms with Gasteiger partial charge in [0.15, 0.2) is 0 Å². The second-order valence-electron chi connectivity index (χ2n) is 3.80. The fourth-order valence-electron chi connectivity index (χ4n) is 1.18. The van der Waals surface area contributed by atoms with Crippen LogP contribution in [0.15, 0.2) is 25.3 Å². The van der Waals surface area contributed by atoms with Crippen molar-refractivity contribution in [2.24, 2.45) is 0 Å². The van der Waals surface area contributed by atoms with Gasteiger partial charge in [0.2, 0.25) is 0 Å². The highest BCUT2D eigenvalue weighted by atomic mass is 16.5. The molecule has 0 aromatic rings. The van der Waals surface area contributed by atoms with Gasteiger partial charge in [-0.1, -0.05) is 12.2 Å². The number of hydrogen-bond donors (Lipinski definition) is 0. The minimum atomic E-state index is -0.359. The number of esters is 2. The Hall–Kier alpha value is -1.58. The molecule has 102 valence electrons. The number of allylic oxidation sites excluding steroid dienone is 2. The standard InChI is InChI=1S/C14H22O4/c1-3-5-7-11-17-13(15)9-10-14(16)18-12-8-6-4-2/h3-4H,1-2,5-12H2. The summed E-state index contributed by atoms with van der Waals surface area (Å²) in [5.41, 5.74) is 0. The van der Waals surface area contributed by atoms with Gasteiger partial charge in [-0.3, -0.25) is 9.59 Å². The van der Waals surface area contributed by atoms with E-state index in [-0.39, 0.29) is 24.8 Å². The first-order chi connectivity index (χ1) is 8.70. The number of unbranched alkanes of at least 4 members (excludes halogenated alkanes) is 2. The zero-order valence-electron chi connectivity index (χ0n) is 10.9. The Morgan fingerprint density at radius 3 is 1.56 bits per heavy atom. The molecule has 0 unspecified atom stereocenters. The van der Waals surface area contributed by atoms with Crippen molar-refractivity contribution in [3.63, 3.8) is 0 Å². The molecule has 0 bridgehead atoms. The molecular weight excluding hydrogens is 232 g/mol. The Labute approximate surface area is 109 Å². The zero-order chi connectivity index (χ0) is 13.6. The number of hydrogen-bond acceptors (Lipinski definition) is 4. The van der Waals surface area contributed by atoms with Gasteiger partial charge in [-0.05, 0) is 25.7 Å². The molecule has 0 heterocycles. The summed E-state index contributed by atoms with van der Waals surface area (Å²) in [6.45, 7) is 7.89. The number of rotatable bonds is 11. The minimum absolute atomic E-state index is 0.0778. The lowest BCUT2D eigenvalue weighted by atomic mass is 10.3. The molecule has 0 aliphatic rings. The van der Waals surface area contributed by atoms with Crippen molar-refractivity contribution in [2.45, 2.75) is 38.5 Å². The number of carbonyl (C=O) groups is 2. The van der Waals surface area contributed by atoms with E-state index in [0.717, 1.165) is 25.7 Å². The van der Waals surface area contributed by atoms with Crippen LogP contribution in [0, 0.1) is 0 Å². The van der Waals surface area contributed by atoms with E-state index < -0.39 is 0 Å². The van der Waals surface area contributed by atoms with E-state index in [4.69, 9.17) is 9.47 Å². The van der Waals surface area contributed by atoms with Gasteiger partial charge in [0.25, 0.3) is 0 Å². The third kappa shape index (κ3) is 10.9. The van der Waals surface area contributed by atoms with Crippen LogP contribution in [0.25, 0.3) is 0 Å². The van der Waals surface area contributed by atoms with Gasteiger partial charge in [0, 0.05) is 0 Å². The molecule has 0 atom stereocenters. The molecule has 0 rings (SSSR count). The van der Waals surface area contributed by atoms with Crippen molar-refractivity contribution in [3.05, 3.63) is 25.3 Å². The molecule has 0 fully saturated rings. The first kappa shape index (κ1) is 16.4. The van der Waals surface area contributed by atoms with E-state index in [9.17, 15) is 9.59 Å². The van der Waals surface area contributed by atoms with E-state index in [0.29, 0.717) is 13.2 Å². The molecule has 4 nitrogen and oxygen atoms in total. The quantitative estimate of drug-likeness (QED) is 0.323. The van der Waals surface area contributed by atoms with E-state index in [1.165, 1.54) is 0 Å². The first-order valence-electron chi connectivity index (χ1n) is 6.23. The fourth-order valence-corrected chi connectivity index (χ4v) is 1.18.